The Morgan fingerprint density at radius 1 is 1.00 bits per heavy atom. The predicted octanol–water partition coefficient (Wildman–Crippen LogP) is 4.92. The molecule has 0 aliphatic carbocycles. The zero-order chi connectivity index (χ0) is 28.0. The lowest BCUT2D eigenvalue weighted by atomic mass is 10.1. The Hall–Kier alpha value is -1.63. The molecule has 0 amide bonds. The van der Waals surface area contributed by atoms with Crippen molar-refractivity contribution in [3.8, 4) is 12.3 Å². The SMILES string of the molecule is C#C[C@H]1CC[C@H]2CN(C)CCN21.C/C(Cl)=N/O.CC.CC.Cc1cc([C@H]2CC[C@H]3CN(C)CCN32)on1. The molecule has 8 nitrogen and oxygen atoms in total. The highest BCUT2D eigenvalue weighted by Gasteiger charge is 2.39. The lowest BCUT2D eigenvalue weighted by molar-refractivity contribution is 0.0836. The summed E-state index contributed by atoms with van der Waals surface area (Å²) >= 11 is 4.96. The normalized spacial score (nSPS) is 27.9. The van der Waals surface area contributed by atoms with E-state index in [1.807, 2.05) is 34.6 Å². The van der Waals surface area contributed by atoms with Gasteiger partial charge < -0.3 is 19.5 Å². The maximum atomic E-state index is 7.60. The number of halogens is 1. The average Bonchev–Trinajstić information content (AvgIpc) is 3.64. The second-order valence-corrected chi connectivity index (χ2v) is 10.2. The number of fused-ring (bicyclic) bond motifs is 2. The van der Waals surface area contributed by atoms with Gasteiger partial charge in [0.05, 0.1) is 17.8 Å². The van der Waals surface area contributed by atoms with Gasteiger partial charge in [0, 0.05) is 57.4 Å². The quantitative estimate of drug-likeness (QED) is 0.235. The Bertz CT molecular complexity index is 822. The molecule has 1 N–H and O–H groups in total. The number of terminal acetylenes is 1. The monoisotopic (exact) mass is 538 g/mol. The topological polar surface area (TPSA) is 71.6 Å². The molecule has 0 spiro atoms. The summed E-state index contributed by atoms with van der Waals surface area (Å²) in [5.74, 6) is 3.95. The fourth-order valence-corrected chi connectivity index (χ4v) is 5.44. The molecule has 0 unspecified atom stereocenters. The Labute approximate surface area is 231 Å². The lowest BCUT2D eigenvalue weighted by Gasteiger charge is -2.37. The van der Waals surface area contributed by atoms with Crippen LogP contribution in [-0.2, 0) is 0 Å². The minimum Gasteiger partial charge on any atom is -0.410 e. The molecule has 5 heterocycles. The number of likely N-dealkylation sites (N-methyl/N-ethyl adjacent to an activating group) is 2. The van der Waals surface area contributed by atoms with Crippen molar-refractivity contribution in [1.82, 2.24) is 24.8 Å². The molecule has 0 aromatic carbocycles. The van der Waals surface area contributed by atoms with Crippen LogP contribution in [0, 0.1) is 19.3 Å². The number of nitrogens with zero attached hydrogens (tertiary/aromatic N) is 6. The van der Waals surface area contributed by atoms with Crippen LogP contribution in [0.2, 0.25) is 0 Å². The average molecular weight is 539 g/mol. The summed E-state index contributed by atoms with van der Waals surface area (Å²) in [6.07, 6.45) is 10.5. The van der Waals surface area contributed by atoms with Crippen LogP contribution in [0.3, 0.4) is 0 Å². The van der Waals surface area contributed by atoms with Crippen molar-refractivity contribution in [3.63, 3.8) is 0 Å². The zero-order valence-corrected chi connectivity index (χ0v) is 25.2. The summed E-state index contributed by atoms with van der Waals surface area (Å²) in [7, 11) is 4.41. The van der Waals surface area contributed by atoms with Crippen molar-refractivity contribution in [2.75, 3.05) is 53.4 Å². The predicted molar refractivity (Wildman–Crippen MR) is 154 cm³/mol. The fourth-order valence-electron chi connectivity index (χ4n) is 5.44. The third-order valence-electron chi connectivity index (χ3n) is 7.11. The van der Waals surface area contributed by atoms with Crippen LogP contribution in [0.1, 0.15) is 77.8 Å². The van der Waals surface area contributed by atoms with E-state index in [0.717, 1.165) is 30.6 Å². The van der Waals surface area contributed by atoms with Crippen molar-refractivity contribution in [3.05, 3.63) is 17.5 Å². The summed E-state index contributed by atoms with van der Waals surface area (Å²) in [5.41, 5.74) is 0.993. The maximum Gasteiger partial charge on any atom is 0.154 e. The summed E-state index contributed by atoms with van der Waals surface area (Å²) in [6, 6.07) is 4.45. The highest BCUT2D eigenvalue weighted by atomic mass is 35.5. The van der Waals surface area contributed by atoms with E-state index in [1.54, 1.807) is 0 Å². The Kier molecular flexibility index (Phi) is 16.1. The second kappa shape index (κ2) is 17.8. The lowest BCUT2D eigenvalue weighted by Crippen LogP contribution is -2.50. The Morgan fingerprint density at radius 3 is 2.00 bits per heavy atom. The van der Waals surface area contributed by atoms with Crippen LogP contribution in [0.15, 0.2) is 15.7 Å². The first-order valence-electron chi connectivity index (χ1n) is 13.9. The van der Waals surface area contributed by atoms with Gasteiger partial charge in [-0.1, -0.05) is 55.5 Å². The molecule has 212 valence electrons. The van der Waals surface area contributed by atoms with Crippen molar-refractivity contribution in [2.24, 2.45) is 5.16 Å². The number of piperazine rings is 2. The van der Waals surface area contributed by atoms with Gasteiger partial charge in [-0.3, -0.25) is 9.80 Å². The molecule has 4 aliphatic rings. The minimum atomic E-state index is 0.157. The van der Waals surface area contributed by atoms with Gasteiger partial charge in [-0.05, 0) is 53.6 Å². The van der Waals surface area contributed by atoms with Gasteiger partial charge >= 0.3 is 0 Å². The van der Waals surface area contributed by atoms with E-state index in [1.165, 1.54) is 58.8 Å². The molecule has 0 saturated carbocycles. The molecule has 4 atom stereocenters. The van der Waals surface area contributed by atoms with Crippen molar-refractivity contribution in [2.45, 2.75) is 91.4 Å². The van der Waals surface area contributed by atoms with Gasteiger partial charge in [0.15, 0.2) is 5.76 Å². The van der Waals surface area contributed by atoms with Crippen LogP contribution in [0.5, 0.6) is 0 Å². The summed E-state index contributed by atoms with van der Waals surface area (Å²) in [5, 5.41) is 14.3. The third-order valence-corrected chi connectivity index (χ3v) is 7.19. The number of oxime groups is 1. The molecular weight excluding hydrogens is 488 g/mol. The molecule has 4 aliphatic heterocycles. The van der Waals surface area contributed by atoms with E-state index in [2.05, 4.69) is 56.0 Å². The number of hydrogen-bond donors (Lipinski definition) is 1. The fraction of sp³-hybridized carbons (Fsp3) is 0.786. The molecule has 4 fully saturated rings. The van der Waals surface area contributed by atoms with Crippen LogP contribution in [-0.4, -0.2) is 107 Å². The number of hydrogen-bond acceptors (Lipinski definition) is 8. The molecule has 1 aromatic heterocycles. The van der Waals surface area contributed by atoms with Crippen molar-refractivity contribution >= 4 is 16.8 Å². The highest BCUT2D eigenvalue weighted by molar-refractivity contribution is 6.64. The van der Waals surface area contributed by atoms with Crippen LogP contribution < -0.4 is 0 Å². The van der Waals surface area contributed by atoms with E-state index in [-0.39, 0.29) is 5.17 Å². The summed E-state index contributed by atoms with van der Waals surface area (Å²) in [4.78, 5) is 9.93. The third kappa shape index (κ3) is 10.2. The summed E-state index contributed by atoms with van der Waals surface area (Å²) in [6.45, 7) is 18.5. The van der Waals surface area contributed by atoms with E-state index in [0.29, 0.717) is 18.1 Å². The van der Waals surface area contributed by atoms with Gasteiger partial charge in [0.1, 0.15) is 5.17 Å². The second-order valence-electron chi connectivity index (χ2n) is 9.63. The van der Waals surface area contributed by atoms with E-state index in [4.69, 9.17) is 27.8 Å². The molecule has 0 radical (unpaired) electrons. The van der Waals surface area contributed by atoms with Crippen LogP contribution in [0.4, 0.5) is 0 Å². The summed E-state index contributed by atoms with van der Waals surface area (Å²) < 4.78 is 5.42. The Balaban J connectivity index is 0.000000288. The van der Waals surface area contributed by atoms with Crippen LogP contribution in [0.25, 0.3) is 0 Å². The minimum absolute atomic E-state index is 0.157. The molecule has 4 saturated heterocycles. The standard InChI is InChI=1S/C12H19N3O.C10H16N2.C2H4ClNO.2C2H6/c1-9-7-12(16-13-9)11-4-3-10-8-14(2)5-6-15(10)11;1-3-9-4-5-10-8-11(2)6-7-12(9)10;1-2(3)4-5;2*1-2/h7,10-11H,3-6,8H2,1-2H3;1,9-10H,4-8H2,2H3;5H,1H3;2*1-2H3/b;;4-2-;;/t10-,11+;9-,10-;;;/m00.../s1. The molecule has 5 rings (SSSR count). The first kappa shape index (κ1) is 33.4. The van der Waals surface area contributed by atoms with E-state index >= 15 is 0 Å². The molecular formula is C28H51ClN6O2. The molecule has 1 aromatic rings. The maximum absolute atomic E-state index is 7.60. The van der Waals surface area contributed by atoms with Gasteiger partial charge in [-0.25, -0.2) is 0 Å². The Morgan fingerprint density at radius 2 is 1.51 bits per heavy atom. The van der Waals surface area contributed by atoms with Crippen molar-refractivity contribution < 1.29 is 9.73 Å². The van der Waals surface area contributed by atoms with Gasteiger partial charge in [-0.15, -0.1) is 6.42 Å². The smallest absolute Gasteiger partial charge is 0.154 e. The van der Waals surface area contributed by atoms with E-state index < -0.39 is 0 Å². The highest BCUT2D eigenvalue weighted by Crippen LogP contribution is 2.37. The molecule has 9 heteroatoms. The van der Waals surface area contributed by atoms with Gasteiger partial charge in [0.2, 0.25) is 0 Å². The van der Waals surface area contributed by atoms with Crippen LogP contribution >= 0.6 is 11.6 Å². The van der Waals surface area contributed by atoms with Gasteiger partial charge in [0.25, 0.3) is 0 Å². The van der Waals surface area contributed by atoms with Crippen molar-refractivity contribution in [1.29, 1.82) is 0 Å². The van der Waals surface area contributed by atoms with E-state index in [9.17, 15) is 0 Å². The number of aromatic nitrogens is 1. The largest absolute Gasteiger partial charge is 0.410 e. The zero-order valence-electron chi connectivity index (χ0n) is 24.5. The first-order valence-corrected chi connectivity index (χ1v) is 14.3. The first-order chi connectivity index (χ1) is 17.8. The van der Waals surface area contributed by atoms with Gasteiger partial charge in [-0.2, -0.15) is 0 Å². The number of aryl methyl sites for hydroxylation is 1. The number of rotatable bonds is 1. The molecule has 0 bridgehead atoms. The molecule has 37 heavy (non-hydrogen) atoms.